The zero-order chi connectivity index (χ0) is 15.4. The molecule has 0 aliphatic carbocycles. The summed E-state index contributed by atoms with van der Waals surface area (Å²) >= 11 is 0. The molecule has 0 aliphatic rings. The van der Waals surface area contributed by atoms with Gasteiger partial charge in [-0.2, -0.15) is 10.2 Å². The Morgan fingerprint density at radius 1 is 1.48 bits per heavy atom. The van der Waals surface area contributed by atoms with Crippen LogP contribution in [0.3, 0.4) is 0 Å². The first-order valence-electron chi connectivity index (χ1n) is 5.74. The van der Waals surface area contributed by atoms with Gasteiger partial charge >= 0.3 is 5.69 Å². The number of rotatable bonds is 4. The van der Waals surface area contributed by atoms with Crippen molar-refractivity contribution in [2.24, 2.45) is 12.1 Å². The number of hydrogen-bond acceptors (Lipinski definition) is 5. The Balaban J connectivity index is 2.08. The summed E-state index contributed by atoms with van der Waals surface area (Å²) in [6.45, 7) is 0. The van der Waals surface area contributed by atoms with E-state index >= 15 is 0 Å². The number of benzene rings is 1. The number of nitrogens with one attached hydrogen (secondary N) is 1. The van der Waals surface area contributed by atoms with Crippen LogP contribution in [-0.4, -0.2) is 26.8 Å². The summed E-state index contributed by atoms with van der Waals surface area (Å²) in [5.74, 6) is -1.19. The number of halogens is 1. The highest BCUT2D eigenvalue weighted by atomic mass is 19.1. The van der Waals surface area contributed by atoms with E-state index in [4.69, 9.17) is 0 Å². The molecule has 21 heavy (non-hydrogen) atoms. The molecule has 0 atom stereocenters. The fraction of sp³-hybridized carbons (Fsp3) is 0.0833. The van der Waals surface area contributed by atoms with Crippen LogP contribution in [0.25, 0.3) is 0 Å². The van der Waals surface area contributed by atoms with Gasteiger partial charge in [-0.15, -0.1) is 0 Å². The Labute approximate surface area is 118 Å². The van der Waals surface area contributed by atoms with E-state index in [9.17, 15) is 19.3 Å². The number of hydrazone groups is 1. The minimum absolute atomic E-state index is 0.334. The highest BCUT2D eigenvalue weighted by molar-refractivity contribution is 5.96. The van der Waals surface area contributed by atoms with E-state index in [1.54, 1.807) is 0 Å². The summed E-state index contributed by atoms with van der Waals surface area (Å²) in [6.07, 6.45) is 2.41. The van der Waals surface area contributed by atoms with Crippen LogP contribution < -0.4 is 5.43 Å². The van der Waals surface area contributed by atoms with Crippen molar-refractivity contribution in [2.75, 3.05) is 0 Å². The zero-order valence-corrected chi connectivity index (χ0v) is 10.9. The first-order valence-corrected chi connectivity index (χ1v) is 5.74. The molecule has 0 bridgehead atoms. The molecule has 1 heterocycles. The molecule has 1 amide bonds. The smallest absolute Gasteiger partial charge is 0.268 e. The van der Waals surface area contributed by atoms with Gasteiger partial charge in [-0.05, 0) is 17.7 Å². The average Bonchev–Trinajstić information content (AvgIpc) is 2.83. The topological polar surface area (TPSA) is 102 Å². The minimum Gasteiger partial charge on any atom is -0.268 e. The van der Waals surface area contributed by atoms with Crippen molar-refractivity contribution in [1.29, 1.82) is 0 Å². The number of nitro groups is 1. The summed E-state index contributed by atoms with van der Waals surface area (Å²) in [5, 5.41) is 18.1. The normalized spacial score (nSPS) is 10.8. The molecule has 1 aromatic heterocycles. The van der Waals surface area contributed by atoms with Crippen LogP contribution in [0.2, 0.25) is 0 Å². The highest BCUT2D eigenvalue weighted by Crippen LogP contribution is 2.15. The molecule has 8 nitrogen and oxygen atoms in total. The summed E-state index contributed by atoms with van der Waals surface area (Å²) in [7, 11) is 1.46. The number of carbonyl (C=O) groups is 1. The lowest BCUT2D eigenvalue weighted by Crippen LogP contribution is -2.19. The molecule has 9 heteroatoms. The Kier molecular flexibility index (Phi) is 4.02. The van der Waals surface area contributed by atoms with Crippen LogP contribution in [0.15, 0.2) is 35.6 Å². The molecule has 2 rings (SSSR count). The fourth-order valence-corrected chi connectivity index (χ4v) is 1.54. The SMILES string of the molecule is Cn1cc([N+](=O)[O-])c(C(=O)N/N=C/c2ccc(F)cc2)n1. The standard InChI is InChI=1S/C12H10FN5O3/c1-17-7-10(18(20)21)11(16-17)12(19)15-14-6-8-2-4-9(13)5-3-8/h2-7H,1H3,(H,15,19)/b14-6+. The van der Waals surface area contributed by atoms with Crippen molar-refractivity contribution in [1.82, 2.24) is 15.2 Å². The van der Waals surface area contributed by atoms with E-state index in [1.807, 2.05) is 0 Å². The lowest BCUT2D eigenvalue weighted by molar-refractivity contribution is -0.385. The van der Waals surface area contributed by atoms with Gasteiger partial charge in [-0.25, -0.2) is 9.82 Å². The van der Waals surface area contributed by atoms with Gasteiger partial charge in [0.2, 0.25) is 5.69 Å². The van der Waals surface area contributed by atoms with Crippen LogP contribution in [-0.2, 0) is 7.05 Å². The van der Waals surface area contributed by atoms with Crippen LogP contribution in [0.1, 0.15) is 16.1 Å². The van der Waals surface area contributed by atoms with Gasteiger partial charge in [-0.3, -0.25) is 19.6 Å². The van der Waals surface area contributed by atoms with E-state index in [0.29, 0.717) is 5.56 Å². The maximum absolute atomic E-state index is 12.7. The second-order valence-corrected chi connectivity index (χ2v) is 4.04. The van der Waals surface area contributed by atoms with E-state index in [1.165, 1.54) is 37.5 Å². The summed E-state index contributed by atoms with van der Waals surface area (Å²) in [6, 6.07) is 5.42. The minimum atomic E-state index is -0.805. The lowest BCUT2D eigenvalue weighted by Gasteiger charge is -1.96. The summed E-state index contributed by atoms with van der Waals surface area (Å²) in [5.41, 5.74) is 1.94. The second kappa shape index (κ2) is 5.90. The first-order chi connectivity index (χ1) is 9.97. The van der Waals surface area contributed by atoms with Crippen molar-refractivity contribution < 1.29 is 14.1 Å². The maximum atomic E-state index is 12.7. The van der Waals surface area contributed by atoms with Crippen LogP contribution >= 0.6 is 0 Å². The van der Waals surface area contributed by atoms with E-state index in [0.717, 1.165) is 10.9 Å². The third-order valence-corrected chi connectivity index (χ3v) is 2.47. The summed E-state index contributed by atoms with van der Waals surface area (Å²) in [4.78, 5) is 21.8. The predicted molar refractivity (Wildman–Crippen MR) is 71.3 cm³/mol. The van der Waals surface area contributed by atoms with Crippen molar-refractivity contribution in [3.05, 3.63) is 57.7 Å². The largest absolute Gasteiger partial charge is 0.320 e. The molecule has 0 saturated carbocycles. The molecular weight excluding hydrogens is 281 g/mol. The van der Waals surface area contributed by atoms with Crippen molar-refractivity contribution in [3.63, 3.8) is 0 Å². The average molecular weight is 291 g/mol. The van der Waals surface area contributed by atoms with Gasteiger partial charge in [0.15, 0.2) is 0 Å². The zero-order valence-electron chi connectivity index (χ0n) is 10.9. The number of carbonyl (C=O) groups excluding carboxylic acids is 1. The van der Waals surface area contributed by atoms with Gasteiger partial charge in [0.25, 0.3) is 5.91 Å². The van der Waals surface area contributed by atoms with Gasteiger partial charge in [-0.1, -0.05) is 12.1 Å². The molecule has 0 fully saturated rings. The quantitative estimate of drug-likeness (QED) is 0.520. The van der Waals surface area contributed by atoms with E-state index in [2.05, 4.69) is 15.6 Å². The Morgan fingerprint density at radius 3 is 2.76 bits per heavy atom. The Bertz CT molecular complexity index is 708. The van der Waals surface area contributed by atoms with Crippen LogP contribution in [0, 0.1) is 15.9 Å². The monoisotopic (exact) mass is 291 g/mol. The van der Waals surface area contributed by atoms with E-state index in [-0.39, 0.29) is 11.5 Å². The first kappa shape index (κ1) is 14.3. The highest BCUT2D eigenvalue weighted by Gasteiger charge is 2.24. The van der Waals surface area contributed by atoms with Crippen molar-refractivity contribution in [3.8, 4) is 0 Å². The number of amides is 1. The summed E-state index contributed by atoms with van der Waals surface area (Å²) < 4.78 is 13.9. The van der Waals surface area contributed by atoms with Gasteiger partial charge in [0.1, 0.15) is 12.0 Å². The number of hydrogen-bond donors (Lipinski definition) is 1. The molecule has 0 radical (unpaired) electrons. The maximum Gasteiger partial charge on any atom is 0.320 e. The lowest BCUT2D eigenvalue weighted by atomic mass is 10.2. The molecule has 108 valence electrons. The molecular formula is C12H10FN5O3. The number of nitrogens with zero attached hydrogens (tertiary/aromatic N) is 4. The van der Waals surface area contributed by atoms with Gasteiger partial charge in [0.05, 0.1) is 11.1 Å². The number of aromatic nitrogens is 2. The van der Waals surface area contributed by atoms with Gasteiger partial charge < -0.3 is 0 Å². The Hall–Kier alpha value is -3.10. The molecule has 0 spiro atoms. The van der Waals surface area contributed by atoms with Gasteiger partial charge in [0, 0.05) is 7.05 Å². The second-order valence-electron chi connectivity index (χ2n) is 4.04. The molecule has 0 unspecified atom stereocenters. The van der Waals surface area contributed by atoms with E-state index < -0.39 is 16.5 Å². The molecule has 0 aliphatic heterocycles. The molecule has 0 saturated heterocycles. The van der Waals surface area contributed by atoms with Crippen molar-refractivity contribution in [2.45, 2.75) is 0 Å². The third-order valence-electron chi connectivity index (χ3n) is 2.47. The number of aryl methyl sites for hydroxylation is 1. The molecule has 1 aromatic carbocycles. The predicted octanol–water partition coefficient (Wildman–Crippen LogP) is 1.23. The fourth-order valence-electron chi connectivity index (χ4n) is 1.54. The van der Waals surface area contributed by atoms with Crippen LogP contribution in [0.5, 0.6) is 0 Å². The van der Waals surface area contributed by atoms with Crippen LogP contribution in [0.4, 0.5) is 10.1 Å². The third kappa shape index (κ3) is 3.47. The molecule has 1 N–H and O–H groups in total. The van der Waals surface area contributed by atoms with Crippen molar-refractivity contribution >= 4 is 17.8 Å². The Morgan fingerprint density at radius 2 is 2.14 bits per heavy atom. The molecule has 2 aromatic rings.